The molecule has 1 aromatic carbocycles. The molecule has 0 amide bonds. The third kappa shape index (κ3) is 2.37. The Labute approximate surface area is 93.3 Å². The summed E-state index contributed by atoms with van der Waals surface area (Å²) in [6, 6.07) is 4.11. The Kier molecular flexibility index (Phi) is 3.74. The molecule has 0 spiro atoms. The smallest absolute Gasteiger partial charge is 0.141 e. The maximum Gasteiger partial charge on any atom is 0.141 e. The van der Waals surface area contributed by atoms with Crippen molar-refractivity contribution in [3.63, 3.8) is 0 Å². The van der Waals surface area contributed by atoms with Gasteiger partial charge in [-0.3, -0.25) is 0 Å². The van der Waals surface area contributed by atoms with Crippen LogP contribution >= 0.6 is 15.9 Å². The van der Waals surface area contributed by atoms with E-state index in [0.717, 1.165) is 16.7 Å². The number of aryl methyl sites for hydroxylation is 3. The summed E-state index contributed by atoms with van der Waals surface area (Å²) in [5.74, 6) is 2.69. The first-order chi connectivity index (χ1) is 6.56. The van der Waals surface area contributed by atoms with Gasteiger partial charge in [-0.1, -0.05) is 23.6 Å². The average molecular weight is 253 g/mol. The van der Waals surface area contributed by atoms with Gasteiger partial charge in [0.15, 0.2) is 0 Å². The SMILES string of the molecule is Cc1cc(C)c([C@H](O)C#CBr)c(C)c1. The lowest BCUT2D eigenvalue weighted by atomic mass is 9.96. The molecule has 1 atom stereocenters. The number of aliphatic hydroxyl groups excluding tert-OH is 1. The standard InChI is InChI=1S/C12H13BrO/c1-8-6-9(2)12(10(3)7-8)11(14)4-5-13/h6-7,11,14H,1-3H3/t11-/m1/s1. The van der Waals surface area contributed by atoms with E-state index in [0.29, 0.717) is 0 Å². The molecule has 0 aliphatic rings. The normalized spacial score (nSPS) is 11.8. The Morgan fingerprint density at radius 3 is 2.14 bits per heavy atom. The Morgan fingerprint density at radius 1 is 1.21 bits per heavy atom. The van der Waals surface area contributed by atoms with Crippen LogP contribution in [0.1, 0.15) is 28.4 Å². The average Bonchev–Trinajstić information content (AvgIpc) is 2.01. The van der Waals surface area contributed by atoms with E-state index >= 15 is 0 Å². The fourth-order valence-corrected chi connectivity index (χ4v) is 1.96. The van der Waals surface area contributed by atoms with Crippen molar-refractivity contribution in [1.29, 1.82) is 0 Å². The molecule has 14 heavy (non-hydrogen) atoms. The second-order valence-electron chi connectivity index (χ2n) is 3.45. The van der Waals surface area contributed by atoms with Gasteiger partial charge >= 0.3 is 0 Å². The van der Waals surface area contributed by atoms with E-state index in [-0.39, 0.29) is 0 Å². The molecule has 0 heterocycles. The second kappa shape index (κ2) is 4.63. The highest BCUT2D eigenvalue weighted by molar-refractivity contribution is 9.12. The van der Waals surface area contributed by atoms with E-state index < -0.39 is 6.10 Å². The number of benzene rings is 1. The third-order valence-electron chi connectivity index (χ3n) is 2.20. The number of hydrogen-bond donors (Lipinski definition) is 1. The van der Waals surface area contributed by atoms with Crippen LogP contribution in [0.2, 0.25) is 0 Å². The molecule has 0 saturated carbocycles. The first kappa shape index (κ1) is 11.3. The molecule has 1 N–H and O–H groups in total. The van der Waals surface area contributed by atoms with Crippen molar-refractivity contribution in [3.8, 4) is 10.8 Å². The Morgan fingerprint density at radius 2 is 1.71 bits per heavy atom. The highest BCUT2D eigenvalue weighted by Gasteiger charge is 2.10. The number of aliphatic hydroxyl groups is 1. The number of rotatable bonds is 1. The number of halogens is 1. The monoisotopic (exact) mass is 252 g/mol. The molecule has 1 nitrogen and oxygen atoms in total. The van der Waals surface area contributed by atoms with Crippen LogP contribution in [0.15, 0.2) is 12.1 Å². The lowest BCUT2D eigenvalue weighted by molar-refractivity contribution is 0.237. The Bertz CT molecular complexity index is 376. The van der Waals surface area contributed by atoms with Gasteiger partial charge in [0.1, 0.15) is 6.10 Å². The highest BCUT2D eigenvalue weighted by atomic mass is 79.9. The second-order valence-corrected chi connectivity index (χ2v) is 3.85. The van der Waals surface area contributed by atoms with E-state index in [9.17, 15) is 5.11 Å². The molecule has 0 unspecified atom stereocenters. The quantitative estimate of drug-likeness (QED) is 0.763. The Balaban J connectivity index is 3.25. The van der Waals surface area contributed by atoms with Crippen molar-refractivity contribution in [2.24, 2.45) is 0 Å². The molecule has 0 bridgehead atoms. The zero-order valence-corrected chi connectivity index (χ0v) is 10.1. The minimum absolute atomic E-state index is 0.699. The van der Waals surface area contributed by atoms with E-state index in [4.69, 9.17) is 0 Å². The van der Waals surface area contributed by atoms with Crippen molar-refractivity contribution in [3.05, 3.63) is 34.4 Å². The predicted molar refractivity (Wildman–Crippen MR) is 62.3 cm³/mol. The summed E-state index contributed by atoms with van der Waals surface area (Å²) in [6.45, 7) is 6.04. The summed E-state index contributed by atoms with van der Waals surface area (Å²) < 4.78 is 0. The van der Waals surface area contributed by atoms with Gasteiger partial charge in [-0.25, -0.2) is 0 Å². The zero-order valence-electron chi connectivity index (χ0n) is 8.56. The lowest BCUT2D eigenvalue weighted by Crippen LogP contribution is -2.01. The van der Waals surface area contributed by atoms with Crippen LogP contribution in [0.3, 0.4) is 0 Å². The first-order valence-corrected chi connectivity index (χ1v) is 5.22. The summed E-state index contributed by atoms with van der Waals surface area (Å²) >= 11 is 2.99. The van der Waals surface area contributed by atoms with Gasteiger partial charge in [-0.15, -0.1) is 0 Å². The van der Waals surface area contributed by atoms with Gasteiger partial charge in [-0.05, 0) is 42.3 Å². The minimum atomic E-state index is -0.699. The van der Waals surface area contributed by atoms with Gasteiger partial charge in [0.05, 0.1) is 0 Å². The summed E-state index contributed by atoms with van der Waals surface area (Å²) in [4.78, 5) is 2.55. The summed E-state index contributed by atoms with van der Waals surface area (Å²) in [5.41, 5.74) is 4.31. The largest absolute Gasteiger partial charge is 0.376 e. The van der Waals surface area contributed by atoms with E-state index in [1.165, 1.54) is 5.56 Å². The summed E-state index contributed by atoms with van der Waals surface area (Å²) in [7, 11) is 0. The molecule has 74 valence electrons. The highest BCUT2D eigenvalue weighted by Crippen LogP contribution is 2.22. The maximum absolute atomic E-state index is 9.77. The van der Waals surface area contributed by atoms with E-state index in [1.54, 1.807) is 0 Å². The molecule has 1 aromatic rings. The fourth-order valence-electron chi connectivity index (χ4n) is 1.75. The van der Waals surface area contributed by atoms with Crippen LogP contribution in [-0.4, -0.2) is 5.11 Å². The molecule has 0 saturated heterocycles. The molecule has 0 aliphatic heterocycles. The van der Waals surface area contributed by atoms with Crippen molar-refractivity contribution in [2.75, 3.05) is 0 Å². The summed E-state index contributed by atoms with van der Waals surface area (Å²) in [6.07, 6.45) is -0.699. The van der Waals surface area contributed by atoms with Crippen LogP contribution < -0.4 is 0 Å². The van der Waals surface area contributed by atoms with Crippen LogP contribution in [0.4, 0.5) is 0 Å². The molecule has 1 rings (SSSR count). The molecule has 0 aliphatic carbocycles. The van der Waals surface area contributed by atoms with Crippen molar-refractivity contribution < 1.29 is 5.11 Å². The van der Waals surface area contributed by atoms with Crippen LogP contribution in [-0.2, 0) is 0 Å². The summed E-state index contributed by atoms with van der Waals surface area (Å²) in [5, 5.41) is 9.77. The van der Waals surface area contributed by atoms with Gasteiger partial charge in [0.25, 0.3) is 0 Å². The van der Waals surface area contributed by atoms with Gasteiger partial charge < -0.3 is 5.11 Å². The maximum atomic E-state index is 9.77. The predicted octanol–water partition coefficient (Wildman–Crippen LogP) is 3.00. The lowest BCUT2D eigenvalue weighted by Gasteiger charge is -2.12. The topological polar surface area (TPSA) is 20.2 Å². The molecular formula is C12H13BrO. The van der Waals surface area contributed by atoms with Crippen molar-refractivity contribution >= 4 is 15.9 Å². The van der Waals surface area contributed by atoms with Crippen molar-refractivity contribution in [1.82, 2.24) is 0 Å². The van der Waals surface area contributed by atoms with Crippen LogP contribution in [0, 0.1) is 31.5 Å². The third-order valence-corrected chi connectivity index (χ3v) is 2.43. The Hall–Kier alpha value is -0.780. The van der Waals surface area contributed by atoms with E-state index in [2.05, 4.69) is 38.8 Å². The first-order valence-electron chi connectivity index (χ1n) is 4.43. The van der Waals surface area contributed by atoms with Gasteiger partial charge in [0.2, 0.25) is 0 Å². The van der Waals surface area contributed by atoms with Gasteiger partial charge in [0, 0.05) is 15.9 Å². The fraction of sp³-hybridized carbons (Fsp3) is 0.333. The minimum Gasteiger partial charge on any atom is -0.376 e. The van der Waals surface area contributed by atoms with Gasteiger partial charge in [-0.2, -0.15) is 0 Å². The van der Waals surface area contributed by atoms with Crippen LogP contribution in [0.5, 0.6) is 0 Å². The molecule has 0 aromatic heterocycles. The molecule has 0 radical (unpaired) electrons. The molecule has 0 fully saturated rings. The zero-order chi connectivity index (χ0) is 10.7. The number of hydrogen-bond acceptors (Lipinski definition) is 1. The molecule has 2 heteroatoms. The van der Waals surface area contributed by atoms with Crippen molar-refractivity contribution in [2.45, 2.75) is 26.9 Å². The van der Waals surface area contributed by atoms with Crippen LogP contribution in [0.25, 0.3) is 0 Å². The van der Waals surface area contributed by atoms with E-state index in [1.807, 2.05) is 20.8 Å². The molecular weight excluding hydrogens is 240 g/mol.